The number of para-hydroxylation sites is 1. The van der Waals surface area contributed by atoms with E-state index in [1.54, 1.807) is 12.1 Å². The lowest BCUT2D eigenvalue weighted by Gasteiger charge is -2.07. The average Bonchev–Trinajstić information content (AvgIpc) is 2.56. The topological polar surface area (TPSA) is 53.5 Å². The number of carbonyl (C=O) groups excluding carboxylic acids is 1. The number of nitrogens with zero attached hydrogens (tertiary/aromatic N) is 1. The van der Waals surface area contributed by atoms with Crippen molar-refractivity contribution in [1.82, 2.24) is 5.43 Å². The Morgan fingerprint density at radius 1 is 1.09 bits per heavy atom. The SMILES string of the molecule is CC/C(=N\NC(=O)CNc1ccccc1)c1ccc(F)cc1. The lowest BCUT2D eigenvalue weighted by molar-refractivity contribution is -0.119. The van der Waals surface area contributed by atoms with Gasteiger partial charge in [0.2, 0.25) is 0 Å². The molecule has 114 valence electrons. The second-order valence-corrected chi connectivity index (χ2v) is 4.67. The van der Waals surface area contributed by atoms with Crippen LogP contribution in [0.1, 0.15) is 18.9 Å². The van der Waals surface area contributed by atoms with Gasteiger partial charge in [-0.05, 0) is 36.2 Å². The Morgan fingerprint density at radius 2 is 1.77 bits per heavy atom. The summed E-state index contributed by atoms with van der Waals surface area (Å²) in [5.41, 5.74) is 4.87. The number of amides is 1. The fraction of sp³-hybridized carbons (Fsp3) is 0.176. The van der Waals surface area contributed by atoms with Crippen molar-refractivity contribution >= 4 is 17.3 Å². The van der Waals surface area contributed by atoms with Crippen LogP contribution in [0.3, 0.4) is 0 Å². The molecule has 2 rings (SSSR count). The predicted octanol–water partition coefficient (Wildman–Crippen LogP) is 3.17. The van der Waals surface area contributed by atoms with Gasteiger partial charge in [0.05, 0.1) is 12.3 Å². The van der Waals surface area contributed by atoms with E-state index in [1.165, 1.54) is 12.1 Å². The molecule has 0 aliphatic carbocycles. The van der Waals surface area contributed by atoms with Crippen LogP contribution in [0.2, 0.25) is 0 Å². The van der Waals surface area contributed by atoms with Crippen molar-refractivity contribution in [1.29, 1.82) is 0 Å². The molecule has 1 amide bonds. The first-order valence-electron chi connectivity index (χ1n) is 7.09. The fourth-order valence-electron chi connectivity index (χ4n) is 1.90. The Labute approximate surface area is 129 Å². The van der Waals surface area contributed by atoms with Gasteiger partial charge in [0.1, 0.15) is 5.82 Å². The van der Waals surface area contributed by atoms with E-state index in [0.29, 0.717) is 12.1 Å². The molecule has 5 heteroatoms. The minimum atomic E-state index is -0.296. The number of nitrogens with one attached hydrogen (secondary N) is 2. The van der Waals surface area contributed by atoms with Crippen molar-refractivity contribution in [3.8, 4) is 0 Å². The molecule has 22 heavy (non-hydrogen) atoms. The molecule has 2 N–H and O–H groups in total. The summed E-state index contributed by atoms with van der Waals surface area (Å²) in [5.74, 6) is -0.535. The van der Waals surface area contributed by atoms with Gasteiger partial charge in [-0.15, -0.1) is 0 Å². The maximum Gasteiger partial charge on any atom is 0.259 e. The van der Waals surface area contributed by atoms with Crippen LogP contribution < -0.4 is 10.7 Å². The summed E-state index contributed by atoms with van der Waals surface area (Å²) in [4.78, 5) is 11.8. The maximum absolute atomic E-state index is 12.9. The highest BCUT2D eigenvalue weighted by atomic mass is 19.1. The van der Waals surface area contributed by atoms with Gasteiger partial charge in [0.15, 0.2) is 0 Å². The van der Waals surface area contributed by atoms with Gasteiger partial charge in [0.25, 0.3) is 5.91 Å². The monoisotopic (exact) mass is 299 g/mol. The van der Waals surface area contributed by atoms with E-state index in [4.69, 9.17) is 0 Å². The van der Waals surface area contributed by atoms with E-state index in [9.17, 15) is 9.18 Å². The highest BCUT2D eigenvalue weighted by Gasteiger charge is 2.04. The number of hydrogen-bond acceptors (Lipinski definition) is 3. The summed E-state index contributed by atoms with van der Waals surface area (Å²) in [7, 11) is 0. The molecule has 0 heterocycles. The molecule has 4 nitrogen and oxygen atoms in total. The summed E-state index contributed by atoms with van der Waals surface area (Å²) < 4.78 is 12.9. The molecule has 0 aromatic heterocycles. The highest BCUT2D eigenvalue weighted by Crippen LogP contribution is 2.07. The number of rotatable bonds is 6. The number of halogens is 1. The molecule has 0 aliphatic heterocycles. The summed E-state index contributed by atoms with van der Waals surface area (Å²) in [6.07, 6.45) is 0.637. The third-order valence-electron chi connectivity index (χ3n) is 3.05. The van der Waals surface area contributed by atoms with Gasteiger partial charge in [-0.1, -0.05) is 37.3 Å². The molecule has 0 aliphatic rings. The molecule has 0 bridgehead atoms. The number of hydrazone groups is 1. The van der Waals surface area contributed by atoms with E-state index in [-0.39, 0.29) is 18.3 Å². The van der Waals surface area contributed by atoms with Crippen LogP contribution in [0.25, 0.3) is 0 Å². The quantitative estimate of drug-likeness (QED) is 0.636. The molecular formula is C17H18FN3O. The van der Waals surface area contributed by atoms with Crippen LogP contribution in [0, 0.1) is 5.82 Å². The Hall–Kier alpha value is -2.69. The zero-order valence-electron chi connectivity index (χ0n) is 12.3. The third kappa shape index (κ3) is 4.70. The number of anilines is 1. The van der Waals surface area contributed by atoms with Gasteiger partial charge in [-0.2, -0.15) is 5.10 Å². The van der Waals surface area contributed by atoms with Crippen LogP contribution >= 0.6 is 0 Å². The molecule has 0 saturated carbocycles. The molecule has 2 aromatic carbocycles. The molecule has 0 spiro atoms. The minimum absolute atomic E-state index is 0.133. The van der Waals surface area contributed by atoms with Crippen molar-refractivity contribution < 1.29 is 9.18 Å². The number of benzene rings is 2. The van der Waals surface area contributed by atoms with Crippen molar-refractivity contribution in [3.63, 3.8) is 0 Å². The third-order valence-corrected chi connectivity index (χ3v) is 3.05. The first-order valence-corrected chi connectivity index (χ1v) is 7.09. The van der Waals surface area contributed by atoms with Crippen LogP contribution in [-0.4, -0.2) is 18.2 Å². The summed E-state index contributed by atoms with van der Waals surface area (Å²) in [6, 6.07) is 15.5. The number of carbonyl (C=O) groups is 1. The second-order valence-electron chi connectivity index (χ2n) is 4.67. The number of hydrogen-bond donors (Lipinski definition) is 2. The lowest BCUT2D eigenvalue weighted by Crippen LogP contribution is -2.27. The maximum atomic E-state index is 12.9. The zero-order chi connectivity index (χ0) is 15.8. The van der Waals surface area contributed by atoms with Crippen molar-refractivity contribution in [2.45, 2.75) is 13.3 Å². The van der Waals surface area contributed by atoms with Gasteiger partial charge in [-0.3, -0.25) is 4.79 Å². The van der Waals surface area contributed by atoms with Crippen molar-refractivity contribution in [3.05, 3.63) is 66.0 Å². The zero-order valence-corrected chi connectivity index (χ0v) is 12.3. The van der Waals surface area contributed by atoms with Crippen molar-refractivity contribution in [2.24, 2.45) is 5.10 Å². The Kier molecular flexibility index (Phi) is 5.65. The van der Waals surface area contributed by atoms with Crippen LogP contribution in [0.15, 0.2) is 59.7 Å². The van der Waals surface area contributed by atoms with Crippen molar-refractivity contribution in [2.75, 3.05) is 11.9 Å². The second kappa shape index (κ2) is 7.93. The van der Waals surface area contributed by atoms with Gasteiger partial charge >= 0.3 is 0 Å². The van der Waals surface area contributed by atoms with E-state index in [1.807, 2.05) is 37.3 Å². The first kappa shape index (κ1) is 15.7. The molecule has 0 radical (unpaired) electrons. The smallest absolute Gasteiger partial charge is 0.259 e. The molecule has 0 fully saturated rings. The predicted molar refractivity (Wildman–Crippen MR) is 86.3 cm³/mol. The molecule has 0 unspecified atom stereocenters. The van der Waals surface area contributed by atoms with E-state index < -0.39 is 0 Å². The fourth-order valence-corrected chi connectivity index (χ4v) is 1.90. The normalized spacial score (nSPS) is 11.1. The molecule has 0 saturated heterocycles. The summed E-state index contributed by atoms with van der Waals surface area (Å²) in [5, 5.41) is 7.11. The first-order chi connectivity index (χ1) is 10.7. The van der Waals surface area contributed by atoms with Crippen LogP contribution in [0.4, 0.5) is 10.1 Å². The summed E-state index contributed by atoms with van der Waals surface area (Å²) in [6.45, 7) is 2.06. The largest absolute Gasteiger partial charge is 0.376 e. The Balaban J connectivity index is 1.91. The van der Waals surface area contributed by atoms with Gasteiger partial charge < -0.3 is 5.32 Å². The lowest BCUT2D eigenvalue weighted by atomic mass is 10.1. The molecule has 2 aromatic rings. The minimum Gasteiger partial charge on any atom is -0.376 e. The van der Waals surface area contributed by atoms with Crippen LogP contribution in [0.5, 0.6) is 0 Å². The Morgan fingerprint density at radius 3 is 2.41 bits per heavy atom. The molecule has 0 atom stereocenters. The molecular weight excluding hydrogens is 281 g/mol. The Bertz CT molecular complexity index is 639. The van der Waals surface area contributed by atoms with E-state index in [0.717, 1.165) is 11.3 Å². The van der Waals surface area contributed by atoms with E-state index in [2.05, 4.69) is 15.8 Å². The average molecular weight is 299 g/mol. The van der Waals surface area contributed by atoms with E-state index >= 15 is 0 Å². The highest BCUT2D eigenvalue weighted by molar-refractivity contribution is 6.01. The van der Waals surface area contributed by atoms with Crippen LogP contribution in [-0.2, 0) is 4.79 Å². The van der Waals surface area contributed by atoms with Gasteiger partial charge in [0, 0.05) is 5.69 Å². The standard InChI is InChI=1S/C17H18FN3O/c1-2-16(13-8-10-14(18)11-9-13)20-21-17(22)12-19-15-6-4-3-5-7-15/h3-11,19H,2,12H2,1H3,(H,21,22)/b20-16+. The van der Waals surface area contributed by atoms with Gasteiger partial charge in [-0.25, -0.2) is 9.82 Å². The summed E-state index contributed by atoms with van der Waals surface area (Å²) >= 11 is 0.